The fourth-order valence-corrected chi connectivity index (χ4v) is 1.62. The molecule has 0 aromatic heterocycles. The standard InChI is InChI=1S/C10H6ClF3O2/c1-5(16)9-6(4-15)7(10(12,13)14)2-3-8(9)11/h2-4H,1H3. The van der Waals surface area contributed by atoms with Crippen LogP contribution in [-0.4, -0.2) is 12.1 Å². The minimum absolute atomic E-state index is 0.00850. The zero-order valence-corrected chi connectivity index (χ0v) is 8.82. The Morgan fingerprint density at radius 2 is 1.94 bits per heavy atom. The van der Waals surface area contributed by atoms with Gasteiger partial charge >= 0.3 is 6.18 Å². The molecule has 0 N–H and O–H groups in total. The Morgan fingerprint density at radius 1 is 1.38 bits per heavy atom. The number of hydrogen-bond acceptors (Lipinski definition) is 2. The Labute approximate surface area is 94.0 Å². The molecular formula is C10H6ClF3O2. The van der Waals surface area contributed by atoms with Gasteiger partial charge < -0.3 is 0 Å². The van der Waals surface area contributed by atoms with Gasteiger partial charge in [0.1, 0.15) is 0 Å². The fourth-order valence-electron chi connectivity index (χ4n) is 1.32. The van der Waals surface area contributed by atoms with Gasteiger partial charge in [0.2, 0.25) is 0 Å². The minimum atomic E-state index is -4.69. The summed E-state index contributed by atoms with van der Waals surface area (Å²) in [5.41, 5.74) is -2.27. The molecule has 0 spiro atoms. The van der Waals surface area contributed by atoms with E-state index in [1.54, 1.807) is 0 Å². The summed E-state index contributed by atoms with van der Waals surface area (Å²) in [5.74, 6) is -0.682. The molecule has 0 atom stereocenters. The van der Waals surface area contributed by atoms with Crippen molar-refractivity contribution < 1.29 is 22.8 Å². The lowest BCUT2D eigenvalue weighted by atomic mass is 9.99. The molecule has 0 amide bonds. The van der Waals surface area contributed by atoms with E-state index in [2.05, 4.69) is 0 Å². The molecule has 0 fully saturated rings. The van der Waals surface area contributed by atoms with Crippen LogP contribution in [0, 0.1) is 0 Å². The molecule has 6 heteroatoms. The van der Waals surface area contributed by atoms with E-state index < -0.39 is 28.6 Å². The Balaban J connectivity index is 3.62. The van der Waals surface area contributed by atoms with Crippen LogP contribution in [-0.2, 0) is 6.18 Å². The molecule has 0 saturated carbocycles. The van der Waals surface area contributed by atoms with Crippen LogP contribution >= 0.6 is 11.6 Å². The fraction of sp³-hybridized carbons (Fsp3) is 0.200. The first-order valence-electron chi connectivity index (χ1n) is 4.15. The van der Waals surface area contributed by atoms with E-state index in [-0.39, 0.29) is 11.3 Å². The van der Waals surface area contributed by atoms with Crippen molar-refractivity contribution in [1.29, 1.82) is 0 Å². The molecule has 0 aliphatic rings. The monoisotopic (exact) mass is 250 g/mol. The van der Waals surface area contributed by atoms with Gasteiger partial charge in [-0.25, -0.2) is 0 Å². The van der Waals surface area contributed by atoms with Gasteiger partial charge in [-0.15, -0.1) is 0 Å². The maximum Gasteiger partial charge on any atom is 0.417 e. The highest BCUT2D eigenvalue weighted by Crippen LogP contribution is 2.35. The number of rotatable bonds is 2. The highest BCUT2D eigenvalue weighted by Gasteiger charge is 2.35. The maximum atomic E-state index is 12.5. The Kier molecular flexibility index (Phi) is 3.38. The lowest BCUT2D eigenvalue weighted by Crippen LogP contribution is -2.13. The number of carbonyl (C=O) groups is 2. The number of halogens is 4. The normalized spacial score (nSPS) is 11.3. The van der Waals surface area contributed by atoms with Crippen molar-refractivity contribution in [3.63, 3.8) is 0 Å². The van der Waals surface area contributed by atoms with Crippen molar-refractivity contribution in [2.24, 2.45) is 0 Å². The third-order valence-electron chi connectivity index (χ3n) is 1.97. The SMILES string of the molecule is CC(=O)c1c(Cl)ccc(C(F)(F)F)c1C=O. The summed E-state index contributed by atoms with van der Waals surface area (Å²) < 4.78 is 37.5. The summed E-state index contributed by atoms with van der Waals surface area (Å²) in [6.07, 6.45) is -4.70. The molecular weight excluding hydrogens is 245 g/mol. The predicted molar refractivity (Wildman–Crippen MR) is 51.8 cm³/mol. The van der Waals surface area contributed by atoms with Gasteiger partial charge in [0.15, 0.2) is 12.1 Å². The van der Waals surface area contributed by atoms with Crippen LogP contribution in [0.2, 0.25) is 5.02 Å². The number of alkyl halides is 3. The van der Waals surface area contributed by atoms with Crippen LogP contribution in [0.25, 0.3) is 0 Å². The van der Waals surface area contributed by atoms with Gasteiger partial charge in [-0.2, -0.15) is 13.2 Å². The average Bonchev–Trinajstić information content (AvgIpc) is 2.14. The predicted octanol–water partition coefficient (Wildman–Crippen LogP) is 3.37. The van der Waals surface area contributed by atoms with Crippen LogP contribution in [0.4, 0.5) is 13.2 Å². The van der Waals surface area contributed by atoms with Crippen molar-refractivity contribution in [3.05, 3.63) is 33.8 Å². The second-order valence-corrected chi connectivity index (χ2v) is 3.46. The molecule has 0 unspecified atom stereocenters. The molecule has 0 aliphatic heterocycles. The van der Waals surface area contributed by atoms with Crippen molar-refractivity contribution in [2.75, 3.05) is 0 Å². The lowest BCUT2D eigenvalue weighted by Gasteiger charge is -2.12. The van der Waals surface area contributed by atoms with E-state index in [4.69, 9.17) is 11.6 Å². The van der Waals surface area contributed by atoms with Crippen molar-refractivity contribution in [1.82, 2.24) is 0 Å². The highest BCUT2D eigenvalue weighted by molar-refractivity contribution is 6.34. The molecule has 1 aromatic carbocycles. The number of Topliss-reactive ketones (excluding diaryl/α,β-unsaturated/α-hetero) is 1. The summed E-state index contributed by atoms with van der Waals surface area (Å²) in [4.78, 5) is 21.8. The number of ketones is 1. The largest absolute Gasteiger partial charge is 0.417 e. The summed E-state index contributed by atoms with van der Waals surface area (Å²) >= 11 is 5.58. The van der Waals surface area contributed by atoms with E-state index >= 15 is 0 Å². The zero-order chi connectivity index (χ0) is 12.5. The van der Waals surface area contributed by atoms with Gasteiger partial charge in [0.25, 0.3) is 0 Å². The van der Waals surface area contributed by atoms with E-state index in [1.807, 2.05) is 0 Å². The molecule has 16 heavy (non-hydrogen) atoms. The van der Waals surface area contributed by atoms with Crippen LogP contribution in [0.15, 0.2) is 12.1 Å². The second kappa shape index (κ2) is 4.25. The zero-order valence-electron chi connectivity index (χ0n) is 8.06. The number of hydrogen-bond donors (Lipinski definition) is 0. The quantitative estimate of drug-likeness (QED) is 0.596. The molecule has 2 nitrogen and oxygen atoms in total. The number of benzene rings is 1. The number of carbonyl (C=O) groups excluding carboxylic acids is 2. The second-order valence-electron chi connectivity index (χ2n) is 3.06. The van der Waals surface area contributed by atoms with Gasteiger partial charge in [-0.1, -0.05) is 11.6 Å². The molecule has 0 aliphatic carbocycles. The van der Waals surface area contributed by atoms with Crippen LogP contribution in [0.5, 0.6) is 0 Å². The summed E-state index contributed by atoms with van der Waals surface area (Å²) in [7, 11) is 0. The van der Waals surface area contributed by atoms with Gasteiger partial charge in [-0.05, 0) is 19.1 Å². The molecule has 0 saturated heterocycles. The van der Waals surface area contributed by atoms with Crippen LogP contribution < -0.4 is 0 Å². The topological polar surface area (TPSA) is 34.1 Å². The van der Waals surface area contributed by atoms with Crippen LogP contribution in [0.1, 0.15) is 33.2 Å². The average molecular weight is 251 g/mol. The maximum absolute atomic E-state index is 12.5. The molecule has 0 bridgehead atoms. The number of aldehydes is 1. The Morgan fingerprint density at radius 3 is 2.31 bits per heavy atom. The van der Waals surface area contributed by atoms with Crippen molar-refractivity contribution in [3.8, 4) is 0 Å². The molecule has 0 radical (unpaired) electrons. The van der Waals surface area contributed by atoms with Crippen molar-refractivity contribution >= 4 is 23.7 Å². The smallest absolute Gasteiger partial charge is 0.298 e. The van der Waals surface area contributed by atoms with Gasteiger partial charge in [0.05, 0.1) is 10.6 Å². The molecule has 1 aromatic rings. The first-order chi connectivity index (χ1) is 7.29. The molecule has 1 rings (SSSR count). The van der Waals surface area contributed by atoms with E-state index in [0.717, 1.165) is 13.0 Å². The third-order valence-corrected chi connectivity index (χ3v) is 2.28. The highest BCUT2D eigenvalue weighted by atomic mass is 35.5. The van der Waals surface area contributed by atoms with Gasteiger partial charge in [-0.3, -0.25) is 9.59 Å². The first kappa shape index (κ1) is 12.7. The Hall–Kier alpha value is -1.36. The third kappa shape index (κ3) is 2.24. The summed E-state index contributed by atoms with van der Waals surface area (Å²) in [6, 6.07) is 1.63. The first-order valence-corrected chi connectivity index (χ1v) is 4.52. The molecule has 86 valence electrons. The van der Waals surface area contributed by atoms with E-state index in [1.165, 1.54) is 0 Å². The Bertz CT molecular complexity index is 452. The van der Waals surface area contributed by atoms with Crippen LogP contribution in [0.3, 0.4) is 0 Å². The summed E-state index contributed by atoms with van der Waals surface area (Å²) in [5, 5.41) is -0.164. The molecule has 0 heterocycles. The lowest BCUT2D eigenvalue weighted by molar-refractivity contribution is -0.137. The summed E-state index contributed by atoms with van der Waals surface area (Å²) in [6.45, 7) is 1.05. The van der Waals surface area contributed by atoms with Crippen molar-refractivity contribution in [2.45, 2.75) is 13.1 Å². The van der Waals surface area contributed by atoms with E-state index in [0.29, 0.717) is 6.07 Å². The van der Waals surface area contributed by atoms with Gasteiger partial charge in [0, 0.05) is 11.1 Å². The minimum Gasteiger partial charge on any atom is -0.298 e. The van der Waals surface area contributed by atoms with E-state index in [9.17, 15) is 22.8 Å².